The molecule has 3 rings (SSSR count). The van der Waals surface area contributed by atoms with E-state index in [4.69, 9.17) is 0 Å². The van der Waals surface area contributed by atoms with E-state index in [0.29, 0.717) is 11.3 Å². The monoisotopic (exact) mass is 307 g/mol. The molecule has 21 heavy (non-hydrogen) atoms. The fourth-order valence-electron chi connectivity index (χ4n) is 3.29. The van der Waals surface area contributed by atoms with E-state index in [1.807, 2.05) is 19.9 Å². The summed E-state index contributed by atoms with van der Waals surface area (Å²) in [6.07, 6.45) is 6.99. The second kappa shape index (κ2) is 6.23. The van der Waals surface area contributed by atoms with Crippen molar-refractivity contribution in [3.8, 4) is 0 Å². The molecule has 1 heterocycles. The van der Waals surface area contributed by atoms with Crippen LogP contribution in [0.5, 0.6) is 0 Å². The molecular formula is C16H25N3OS. The van der Waals surface area contributed by atoms with Crippen molar-refractivity contribution in [2.75, 3.05) is 6.61 Å². The van der Waals surface area contributed by atoms with Gasteiger partial charge in [0.1, 0.15) is 0 Å². The highest BCUT2D eigenvalue weighted by atomic mass is 32.2. The van der Waals surface area contributed by atoms with Crippen molar-refractivity contribution >= 4 is 11.8 Å². The summed E-state index contributed by atoms with van der Waals surface area (Å²) in [6, 6.07) is 2.65. The molecule has 4 nitrogen and oxygen atoms in total. The molecule has 0 aromatic carbocycles. The maximum Gasteiger partial charge on any atom is 0.188 e. The van der Waals surface area contributed by atoms with Gasteiger partial charge in [-0.1, -0.05) is 18.2 Å². The summed E-state index contributed by atoms with van der Waals surface area (Å²) in [5.41, 5.74) is 1.99. The van der Waals surface area contributed by atoms with Gasteiger partial charge in [0.15, 0.2) is 5.16 Å². The molecule has 0 saturated heterocycles. The molecule has 1 aromatic heterocycles. The van der Waals surface area contributed by atoms with Gasteiger partial charge >= 0.3 is 0 Å². The standard InChI is InChI=1S/C16H25N3OS/c1-11-8-12(2)18-15(17-11)21-14-4-3-7-16(9-14,10-20)19-13-5-6-13/h8,13-14,19-20H,3-7,9-10H2,1-2H3. The largest absolute Gasteiger partial charge is 0.394 e. The number of aryl methyl sites for hydroxylation is 2. The zero-order valence-corrected chi connectivity index (χ0v) is 13.7. The number of thioether (sulfide) groups is 1. The van der Waals surface area contributed by atoms with E-state index in [0.717, 1.165) is 29.4 Å². The normalized spacial score (nSPS) is 29.6. The van der Waals surface area contributed by atoms with Crippen LogP contribution in [0.25, 0.3) is 0 Å². The lowest BCUT2D eigenvalue weighted by atomic mass is 9.82. The van der Waals surface area contributed by atoms with Gasteiger partial charge in [0.2, 0.25) is 0 Å². The number of hydrogen-bond donors (Lipinski definition) is 2. The third-order valence-electron chi connectivity index (χ3n) is 4.42. The van der Waals surface area contributed by atoms with Crippen molar-refractivity contribution < 1.29 is 5.11 Å². The third-order valence-corrected chi connectivity index (χ3v) is 5.55. The second-order valence-corrected chi connectivity index (χ2v) is 7.89. The maximum absolute atomic E-state index is 9.89. The van der Waals surface area contributed by atoms with E-state index >= 15 is 0 Å². The van der Waals surface area contributed by atoms with Crippen LogP contribution in [0.3, 0.4) is 0 Å². The Morgan fingerprint density at radius 3 is 2.62 bits per heavy atom. The van der Waals surface area contributed by atoms with Gasteiger partial charge in [0.05, 0.1) is 6.61 Å². The van der Waals surface area contributed by atoms with E-state index in [1.165, 1.54) is 25.7 Å². The third kappa shape index (κ3) is 3.96. The first-order chi connectivity index (χ1) is 10.1. The lowest BCUT2D eigenvalue weighted by molar-refractivity contribution is 0.122. The Labute approximate surface area is 131 Å². The minimum absolute atomic E-state index is 0.0735. The quantitative estimate of drug-likeness (QED) is 0.819. The summed E-state index contributed by atoms with van der Waals surface area (Å²) in [6.45, 7) is 4.28. The van der Waals surface area contributed by atoms with Crippen molar-refractivity contribution in [1.82, 2.24) is 15.3 Å². The predicted octanol–water partition coefficient (Wildman–Crippen LogP) is 2.61. The molecular weight excluding hydrogens is 282 g/mol. The highest BCUT2D eigenvalue weighted by Gasteiger charge is 2.40. The zero-order chi connectivity index (χ0) is 14.9. The van der Waals surface area contributed by atoms with Crippen LogP contribution >= 0.6 is 11.8 Å². The number of aliphatic hydroxyl groups excluding tert-OH is 1. The van der Waals surface area contributed by atoms with Crippen molar-refractivity contribution in [3.63, 3.8) is 0 Å². The Balaban J connectivity index is 1.67. The summed E-state index contributed by atoms with van der Waals surface area (Å²) in [7, 11) is 0. The van der Waals surface area contributed by atoms with E-state index in [-0.39, 0.29) is 12.1 Å². The number of aromatic nitrogens is 2. The van der Waals surface area contributed by atoms with Gasteiger partial charge in [-0.2, -0.15) is 0 Å². The molecule has 0 amide bonds. The smallest absolute Gasteiger partial charge is 0.188 e. The Bertz CT molecular complexity index is 486. The fourth-order valence-corrected chi connectivity index (χ4v) is 4.66. The lowest BCUT2D eigenvalue weighted by Gasteiger charge is -2.40. The molecule has 1 aromatic rings. The Kier molecular flexibility index (Phi) is 4.52. The molecule has 0 bridgehead atoms. The van der Waals surface area contributed by atoms with Gasteiger partial charge in [0, 0.05) is 28.2 Å². The van der Waals surface area contributed by atoms with E-state index in [2.05, 4.69) is 15.3 Å². The number of hydrogen-bond acceptors (Lipinski definition) is 5. The van der Waals surface area contributed by atoms with Crippen LogP contribution in [-0.4, -0.2) is 38.5 Å². The van der Waals surface area contributed by atoms with Gasteiger partial charge in [-0.25, -0.2) is 9.97 Å². The molecule has 0 spiro atoms. The van der Waals surface area contributed by atoms with Crippen LogP contribution < -0.4 is 5.32 Å². The van der Waals surface area contributed by atoms with Crippen LogP contribution in [0.2, 0.25) is 0 Å². The molecule has 0 aliphatic heterocycles. The van der Waals surface area contributed by atoms with Crippen LogP contribution in [-0.2, 0) is 0 Å². The summed E-state index contributed by atoms with van der Waals surface area (Å²) in [5.74, 6) is 0. The molecule has 5 heteroatoms. The van der Waals surface area contributed by atoms with Crippen molar-refractivity contribution in [2.24, 2.45) is 0 Å². The minimum atomic E-state index is -0.0735. The highest BCUT2D eigenvalue weighted by molar-refractivity contribution is 7.99. The van der Waals surface area contributed by atoms with Crippen molar-refractivity contribution in [1.29, 1.82) is 0 Å². The van der Waals surface area contributed by atoms with Crippen LogP contribution in [0.15, 0.2) is 11.2 Å². The van der Waals surface area contributed by atoms with Gasteiger partial charge < -0.3 is 10.4 Å². The molecule has 116 valence electrons. The predicted molar refractivity (Wildman–Crippen MR) is 85.6 cm³/mol. The highest BCUT2D eigenvalue weighted by Crippen LogP contribution is 2.39. The average molecular weight is 307 g/mol. The Hall–Kier alpha value is -0.650. The van der Waals surface area contributed by atoms with Gasteiger partial charge in [-0.3, -0.25) is 0 Å². The van der Waals surface area contributed by atoms with Crippen molar-refractivity contribution in [2.45, 2.75) is 74.4 Å². The Morgan fingerprint density at radius 1 is 1.29 bits per heavy atom. The molecule has 2 aliphatic carbocycles. The number of nitrogens with one attached hydrogen (secondary N) is 1. The molecule has 2 fully saturated rings. The summed E-state index contributed by atoms with van der Waals surface area (Å²) in [5, 5.41) is 15.0. The molecule has 2 N–H and O–H groups in total. The first kappa shape index (κ1) is 15.3. The number of nitrogens with zero attached hydrogens (tertiary/aromatic N) is 2. The Morgan fingerprint density at radius 2 is 2.00 bits per heavy atom. The lowest BCUT2D eigenvalue weighted by Crippen LogP contribution is -2.53. The summed E-state index contributed by atoms with van der Waals surface area (Å²) in [4.78, 5) is 9.09. The van der Waals surface area contributed by atoms with Gasteiger partial charge in [-0.05, 0) is 52.0 Å². The number of aliphatic hydroxyl groups is 1. The molecule has 2 unspecified atom stereocenters. The topological polar surface area (TPSA) is 58.0 Å². The fraction of sp³-hybridized carbons (Fsp3) is 0.750. The van der Waals surface area contributed by atoms with Gasteiger partial charge in [-0.15, -0.1) is 0 Å². The summed E-state index contributed by atoms with van der Waals surface area (Å²) >= 11 is 1.78. The molecule has 2 aliphatic rings. The first-order valence-electron chi connectivity index (χ1n) is 7.96. The molecule has 2 saturated carbocycles. The molecule has 2 atom stereocenters. The van der Waals surface area contributed by atoms with Crippen LogP contribution in [0.4, 0.5) is 0 Å². The van der Waals surface area contributed by atoms with Crippen LogP contribution in [0, 0.1) is 13.8 Å². The SMILES string of the molecule is Cc1cc(C)nc(SC2CCCC(CO)(NC3CC3)C2)n1. The number of rotatable bonds is 5. The van der Waals surface area contributed by atoms with E-state index < -0.39 is 0 Å². The van der Waals surface area contributed by atoms with E-state index in [1.54, 1.807) is 11.8 Å². The minimum Gasteiger partial charge on any atom is -0.394 e. The average Bonchev–Trinajstić information content (AvgIpc) is 3.21. The van der Waals surface area contributed by atoms with Gasteiger partial charge in [0.25, 0.3) is 0 Å². The van der Waals surface area contributed by atoms with E-state index in [9.17, 15) is 5.11 Å². The first-order valence-corrected chi connectivity index (χ1v) is 8.84. The zero-order valence-electron chi connectivity index (χ0n) is 12.9. The van der Waals surface area contributed by atoms with Crippen molar-refractivity contribution in [3.05, 3.63) is 17.5 Å². The van der Waals surface area contributed by atoms with Crippen LogP contribution in [0.1, 0.15) is 49.9 Å². The molecule has 0 radical (unpaired) electrons. The maximum atomic E-state index is 9.89. The summed E-state index contributed by atoms with van der Waals surface area (Å²) < 4.78 is 0. The second-order valence-electron chi connectivity index (χ2n) is 6.63.